The van der Waals surface area contributed by atoms with E-state index in [1.807, 2.05) is 6.07 Å². The van der Waals surface area contributed by atoms with Crippen LogP contribution >= 0.6 is 0 Å². The Bertz CT molecular complexity index is 434. The van der Waals surface area contributed by atoms with Crippen molar-refractivity contribution in [3.8, 4) is 11.5 Å². The molecule has 1 aromatic carbocycles. The molecule has 4 nitrogen and oxygen atoms in total. The van der Waals surface area contributed by atoms with Crippen molar-refractivity contribution in [2.24, 2.45) is 11.7 Å². The first-order valence-electron chi connectivity index (χ1n) is 7.39. The van der Waals surface area contributed by atoms with Crippen molar-refractivity contribution in [3.05, 3.63) is 23.8 Å². The monoisotopic (exact) mass is 278 g/mol. The third kappa shape index (κ3) is 4.12. The smallest absolute Gasteiger partial charge is 0.161 e. The van der Waals surface area contributed by atoms with Gasteiger partial charge in [-0.1, -0.05) is 19.9 Å². The number of nitrogens with zero attached hydrogens (tertiary/aromatic N) is 1. The molecule has 2 N–H and O–H groups in total. The predicted molar refractivity (Wildman–Crippen MR) is 81.2 cm³/mol. The molecule has 0 saturated heterocycles. The van der Waals surface area contributed by atoms with Crippen molar-refractivity contribution >= 4 is 0 Å². The van der Waals surface area contributed by atoms with Gasteiger partial charge in [-0.2, -0.15) is 0 Å². The van der Waals surface area contributed by atoms with Gasteiger partial charge in [0.25, 0.3) is 0 Å². The third-order valence-electron chi connectivity index (χ3n) is 3.76. The number of hydrogen-bond acceptors (Lipinski definition) is 4. The normalized spacial score (nSPS) is 15.7. The Labute approximate surface area is 121 Å². The summed E-state index contributed by atoms with van der Waals surface area (Å²) in [5, 5.41) is 0. The van der Waals surface area contributed by atoms with Crippen molar-refractivity contribution in [1.82, 2.24) is 4.90 Å². The maximum Gasteiger partial charge on any atom is 0.161 e. The summed E-state index contributed by atoms with van der Waals surface area (Å²) in [6, 6.07) is 6.45. The molecular formula is C16H26N2O2. The van der Waals surface area contributed by atoms with Crippen LogP contribution in [-0.4, -0.2) is 37.7 Å². The first-order chi connectivity index (χ1) is 9.56. The molecule has 20 heavy (non-hydrogen) atoms. The van der Waals surface area contributed by atoms with Crippen molar-refractivity contribution in [2.75, 3.05) is 26.8 Å². The summed E-state index contributed by atoms with van der Waals surface area (Å²) in [7, 11) is 2.13. The number of rotatable bonds is 6. The van der Waals surface area contributed by atoms with Gasteiger partial charge in [0.2, 0.25) is 0 Å². The van der Waals surface area contributed by atoms with E-state index in [0.29, 0.717) is 19.1 Å². The highest BCUT2D eigenvalue weighted by Crippen LogP contribution is 2.31. The molecule has 0 radical (unpaired) electrons. The summed E-state index contributed by atoms with van der Waals surface area (Å²) in [4.78, 5) is 2.30. The van der Waals surface area contributed by atoms with Crippen molar-refractivity contribution in [1.29, 1.82) is 0 Å². The Morgan fingerprint density at radius 3 is 2.60 bits per heavy atom. The molecule has 0 fully saturated rings. The average Bonchev–Trinajstić information content (AvgIpc) is 2.44. The van der Waals surface area contributed by atoms with Gasteiger partial charge in [0, 0.05) is 12.6 Å². The van der Waals surface area contributed by atoms with Crippen molar-refractivity contribution in [2.45, 2.75) is 32.9 Å². The van der Waals surface area contributed by atoms with E-state index in [1.54, 1.807) is 0 Å². The summed E-state index contributed by atoms with van der Waals surface area (Å²) in [5.74, 6) is 2.25. The molecule has 1 aliphatic heterocycles. The number of ether oxygens (including phenoxy) is 2. The lowest BCUT2D eigenvalue weighted by Crippen LogP contribution is -2.31. The zero-order valence-electron chi connectivity index (χ0n) is 12.8. The topological polar surface area (TPSA) is 47.7 Å². The van der Waals surface area contributed by atoms with Gasteiger partial charge in [0.15, 0.2) is 11.5 Å². The quantitative estimate of drug-likeness (QED) is 0.867. The fourth-order valence-corrected chi connectivity index (χ4v) is 2.28. The minimum Gasteiger partial charge on any atom is -0.486 e. The van der Waals surface area contributed by atoms with Crippen LogP contribution in [0.4, 0.5) is 0 Å². The lowest BCUT2D eigenvalue weighted by molar-refractivity contribution is 0.171. The summed E-state index contributed by atoms with van der Waals surface area (Å²) in [6.45, 7) is 7.53. The van der Waals surface area contributed by atoms with Gasteiger partial charge in [-0.25, -0.2) is 0 Å². The van der Waals surface area contributed by atoms with Gasteiger partial charge in [0.05, 0.1) is 0 Å². The van der Waals surface area contributed by atoms with Crippen LogP contribution in [0.3, 0.4) is 0 Å². The molecule has 1 heterocycles. The van der Waals surface area contributed by atoms with Gasteiger partial charge in [0.1, 0.15) is 13.2 Å². The van der Waals surface area contributed by atoms with Gasteiger partial charge < -0.3 is 20.1 Å². The molecule has 0 bridgehead atoms. The fourth-order valence-electron chi connectivity index (χ4n) is 2.28. The van der Waals surface area contributed by atoms with E-state index in [2.05, 4.69) is 37.9 Å². The second kappa shape index (κ2) is 6.95. The molecule has 0 amide bonds. The largest absolute Gasteiger partial charge is 0.486 e. The number of hydrogen-bond donors (Lipinski definition) is 1. The van der Waals surface area contributed by atoms with Crippen LogP contribution < -0.4 is 15.2 Å². The minimum absolute atomic E-state index is 0.276. The first kappa shape index (κ1) is 15.1. The van der Waals surface area contributed by atoms with E-state index in [0.717, 1.165) is 31.0 Å². The van der Waals surface area contributed by atoms with Crippen LogP contribution in [-0.2, 0) is 6.54 Å². The second-order valence-electron chi connectivity index (χ2n) is 5.91. The SMILES string of the molecule is CC(C)C(N)CCN(C)Cc1ccc2c(c1)OCCO2. The first-order valence-corrected chi connectivity index (χ1v) is 7.39. The van der Waals surface area contributed by atoms with Gasteiger partial charge in [-0.05, 0) is 43.6 Å². The molecule has 112 valence electrons. The molecule has 0 aromatic heterocycles. The molecule has 1 aromatic rings. The van der Waals surface area contributed by atoms with Crippen molar-refractivity contribution in [3.63, 3.8) is 0 Å². The van der Waals surface area contributed by atoms with Crippen LogP contribution in [0, 0.1) is 5.92 Å². The van der Waals surface area contributed by atoms with Crippen molar-refractivity contribution < 1.29 is 9.47 Å². The lowest BCUT2D eigenvalue weighted by Gasteiger charge is -2.23. The highest BCUT2D eigenvalue weighted by molar-refractivity contribution is 5.43. The molecule has 1 aliphatic rings. The average molecular weight is 278 g/mol. The number of fused-ring (bicyclic) bond motifs is 1. The fraction of sp³-hybridized carbons (Fsp3) is 0.625. The van der Waals surface area contributed by atoms with E-state index in [-0.39, 0.29) is 6.04 Å². The third-order valence-corrected chi connectivity index (χ3v) is 3.76. The molecule has 4 heteroatoms. The lowest BCUT2D eigenvalue weighted by atomic mass is 10.0. The van der Waals surface area contributed by atoms with E-state index >= 15 is 0 Å². The van der Waals surface area contributed by atoms with E-state index in [4.69, 9.17) is 15.2 Å². The van der Waals surface area contributed by atoms with Gasteiger partial charge in [-0.3, -0.25) is 0 Å². The van der Waals surface area contributed by atoms with E-state index in [1.165, 1.54) is 5.56 Å². The Kier molecular flexibility index (Phi) is 5.26. The highest BCUT2D eigenvalue weighted by atomic mass is 16.6. The maximum absolute atomic E-state index is 6.09. The van der Waals surface area contributed by atoms with Crippen LogP contribution in [0.2, 0.25) is 0 Å². The molecule has 0 saturated carbocycles. The number of nitrogens with two attached hydrogens (primary N) is 1. The van der Waals surface area contributed by atoms with Crippen LogP contribution in [0.5, 0.6) is 11.5 Å². The zero-order chi connectivity index (χ0) is 14.5. The van der Waals surface area contributed by atoms with Crippen LogP contribution in [0.25, 0.3) is 0 Å². The minimum atomic E-state index is 0.276. The molecule has 0 spiro atoms. The molecule has 0 aliphatic carbocycles. The zero-order valence-corrected chi connectivity index (χ0v) is 12.8. The summed E-state index contributed by atoms with van der Waals surface area (Å²) in [5.41, 5.74) is 7.33. The standard InChI is InChI=1S/C16H26N2O2/c1-12(2)14(17)6-7-18(3)11-13-4-5-15-16(10-13)20-9-8-19-15/h4-5,10,12,14H,6-9,11,17H2,1-3H3. The molecule has 1 atom stereocenters. The molecular weight excluding hydrogens is 252 g/mol. The Morgan fingerprint density at radius 1 is 1.20 bits per heavy atom. The summed E-state index contributed by atoms with van der Waals surface area (Å²) >= 11 is 0. The van der Waals surface area contributed by atoms with Gasteiger partial charge in [-0.15, -0.1) is 0 Å². The van der Waals surface area contributed by atoms with Crippen LogP contribution in [0.1, 0.15) is 25.8 Å². The summed E-state index contributed by atoms with van der Waals surface area (Å²) < 4.78 is 11.1. The molecule has 2 rings (SSSR count). The maximum atomic E-state index is 6.09. The highest BCUT2D eigenvalue weighted by Gasteiger charge is 2.13. The molecule has 1 unspecified atom stereocenters. The second-order valence-corrected chi connectivity index (χ2v) is 5.91. The number of benzene rings is 1. The van der Waals surface area contributed by atoms with Gasteiger partial charge >= 0.3 is 0 Å². The Hall–Kier alpha value is -1.26. The van der Waals surface area contributed by atoms with E-state index in [9.17, 15) is 0 Å². The Morgan fingerprint density at radius 2 is 1.90 bits per heavy atom. The predicted octanol–water partition coefficient (Wildman–Crippen LogP) is 2.26. The van der Waals surface area contributed by atoms with Crippen LogP contribution in [0.15, 0.2) is 18.2 Å². The summed E-state index contributed by atoms with van der Waals surface area (Å²) in [6.07, 6.45) is 1.03. The van der Waals surface area contributed by atoms with E-state index < -0.39 is 0 Å². The Balaban J connectivity index is 1.86.